The molecule has 3 unspecified atom stereocenters. The van der Waals surface area contributed by atoms with Crippen molar-refractivity contribution >= 4 is 13.7 Å². The lowest BCUT2D eigenvalue weighted by Gasteiger charge is -2.29. The van der Waals surface area contributed by atoms with Crippen LogP contribution < -0.4 is 10.2 Å². The Balaban J connectivity index is 3.87. The number of phosphoric ester groups is 1. The molecule has 0 aromatic rings. The molecule has 430 valence electrons. The number of carbonyl (C=O) groups excluding carboxylic acids is 1. The van der Waals surface area contributed by atoms with Crippen molar-refractivity contribution < 1.29 is 32.9 Å². The number of likely N-dealkylation sites (N-methyl/N-ethyl adjacent to an activating group) is 1. The van der Waals surface area contributed by atoms with Crippen LogP contribution in [0.4, 0.5) is 0 Å². The average molecular weight is 1050 g/mol. The molecule has 0 aromatic heterocycles. The summed E-state index contributed by atoms with van der Waals surface area (Å²) >= 11 is 0. The zero-order chi connectivity index (χ0) is 53.5. The second-order valence-corrected chi connectivity index (χ2v) is 24.2. The second kappa shape index (κ2) is 55.2. The van der Waals surface area contributed by atoms with Gasteiger partial charge >= 0.3 is 0 Å². The molecule has 0 spiro atoms. The van der Waals surface area contributed by atoms with Crippen molar-refractivity contribution in [2.45, 2.75) is 315 Å². The highest BCUT2D eigenvalue weighted by Crippen LogP contribution is 2.38. The minimum Gasteiger partial charge on any atom is -0.756 e. The number of quaternary nitrogens is 1. The summed E-state index contributed by atoms with van der Waals surface area (Å²) < 4.78 is 23.3. The van der Waals surface area contributed by atoms with E-state index >= 15 is 0 Å². The third-order valence-electron chi connectivity index (χ3n) is 14.2. The second-order valence-electron chi connectivity index (χ2n) is 22.7. The van der Waals surface area contributed by atoms with Crippen LogP contribution in [-0.2, 0) is 18.4 Å². The Kier molecular flexibility index (Phi) is 54.1. The van der Waals surface area contributed by atoms with Gasteiger partial charge in [0.05, 0.1) is 39.9 Å². The number of phosphoric acid groups is 1. The smallest absolute Gasteiger partial charge is 0.268 e. The lowest BCUT2D eigenvalue weighted by molar-refractivity contribution is -0.870. The average Bonchev–Trinajstić information content (AvgIpc) is 3.35. The van der Waals surface area contributed by atoms with Crippen LogP contribution in [0.5, 0.6) is 0 Å². The van der Waals surface area contributed by atoms with Crippen LogP contribution in [0.3, 0.4) is 0 Å². The van der Waals surface area contributed by atoms with Crippen LogP contribution in [-0.4, -0.2) is 68.5 Å². The Morgan fingerprint density at radius 3 is 1.15 bits per heavy atom. The topological polar surface area (TPSA) is 108 Å². The Morgan fingerprint density at radius 1 is 0.466 bits per heavy atom. The van der Waals surface area contributed by atoms with Crippen molar-refractivity contribution in [1.29, 1.82) is 0 Å². The number of nitrogens with zero attached hydrogens (tertiary/aromatic N) is 1. The van der Waals surface area contributed by atoms with E-state index in [1.807, 2.05) is 27.2 Å². The van der Waals surface area contributed by atoms with E-state index in [1.165, 1.54) is 231 Å². The maximum atomic E-state index is 12.9. The fourth-order valence-corrected chi connectivity index (χ4v) is 10.0. The third kappa shape index (κ3) is 58.0. The molecule has 3 atom stereocenters. The predicted octanol–water partition coefficient (Wildman–Crippen LogP) is 18.9. The largest absolute Gasteiger partial charge is 0.756 e. The first kappa shape index (κ1) is 71.5. The van der Waals surface area contributed by atoms with Gasteiger partial charge in [-0.15, -0.1) is 0 Å². The van der Waals surface area contributed by atoms with E-state index in [4.69, 9.17) is 9.05 Å². The number of hydrogen-bond acceptors (Lipinski definition) is 6. The van der Waals surface area contributed by atoms with Gasteiger partial charge in [0.1, 0.15) is 13.2 Å². The van der Waals surface area contributed by atoms with Gasteiger partial charge in [-0.25, -0.2) is 0 Å². The number of amides is 1. The summed E-state index contributed by atoms with van der Waals surface area (Å²) in [5.41, 5.74) is 0. The van der Waals surface area contributed by atoms with Crippen LogP contribution in [0.15, 0.2) is 48.6 Å². The van der Waals surface area contributed by atoms with Gasteiger partial charge in [0.2, 0.25) is 5.91 Å². The van der Waals surface area contributed by atoms with Crippen molar-refractivity contribution in [1.82, 2.24) is 5.32 Å². The molecule has 0 bridgehead atoms. The minimum absolute atomic E-state index is 0.00896. The molecule has 0 heterocycles. The van der Waals surface area contributed by atoms with Gasteiger partial charge in [-0.2, -0.15) is 0 Å². The van der Waals surface area contributed by atoms with E-state index in [0.29, 0.717) is 17.4 Å². The first-order chi connectivity index (χ1) is 35.5. The number of unbranched alkanes of at least 4 members (excludes halogenated alkanes) is 39. The lowest BCUT2D eigenvalue weighted by Crippen LogP contribution is -2.45. The van der Waals surface area contributed by atoms with E-state index in [-0.39, 0.29) is 12.5 Å². The van der Waals surface area contributed by atoms with Gasteiger partial charge < -0.3 is 28.8 Å². The summed E-state index contributed by atoms with van der Waals surface area (Å²) in [4.78, 5) is 25.4. The van der Waals surface area contributed by atoms with Crippen LogP contribution in [0.1, 0.15) is 303 Å². The lowest BCUT2D eigenvalue weighted by atomic mass is 10.0. The van der Waals surface area contributed by atoms with Gasteiger partial charge in [-0.3, -0.25) is 9.36 Å². The first-order valence-corrected chi connectivity index (χ1v) is 33.0. The number of carbonyl (C=O) groups is 1. The molecular weight excluding hydrogens is 924 g/mol. The molecular formula is C64H123N2O6P. The molecule has 0 aliphatic rings. The Hall–Kier alpha value is -1.54. The first-order valence-electron chi connectivity index (χ1n) is 31.5. The quantitative estimate of drug-likeness (QED) is 0.0272. The van der Waals surface area contributed by atoms with Crippen LogP contribution in [0, 0.1) is 0 Å². The van der Waals surface area contributed by atoms with E-state index in [0.717, 1.165) is 51.4 Å². The third-order valence-corrected chi connectivity index (χ3v) is 15.2. The molecule has 0 aliphatic carbocycles. The Bertz CT molecular complexity index is 1330. The molecule has 1 amide bonds. The summed E-state index contributed by atoms with van der Waals surface area (Å²) in [5.74, 6) is -0.210. The number of aliphatic hydroxyl groups is 1. The molecule has 73 heavy (non-hydrogen) atoms. The summed E-state index contributed by atoms with van der Waals surface area (Å²) in [6.45, 7) is 4.59. The molecule has 0 saturated heterocycles. The Labute approximate surface area is 454 Å². The molecule has 0 aromatic carbocycles. The Morgan fingerprint density at radius 2 is 0.781 bits per heavy atom. The van der Waals surface area contributed by atoms with Crippen molar-refractivity contribution in [2.24, 2.45) is 0 Å². The summed E-state index contributed by atoms with van der Waals surface area (Å²) in [5, 5.41) is 13.8. The molecule has 9 heteroatoms. The highest BCUT2D eigenvalue weighted by Gasteiger charge is 2.23. The highest BCUT2D eigenvalue weighted by atomic mass is 31.2. The van der Waals surface area contributed by atoms with E-state index in [2.05, 4.69) is 55.6 Å². The number of nitrogens with one attached hydrogen (secondary N) is 1. The zero-order valence-electron chi connectivity index (χ0n) is 49.1. The minimum atomic E-state index is -4.60. The highest BCUT2D eigenvalue weighted by molar-refractivity contribution is 7.45. The van der Waals surface area contributed by atoms with E-state index in [1.54, 1.807) is 6.08 Å². The van der Waals surface area contributed by atoms with Gasteiger partial charge in [-0.05, 0) is 64.2 Å². The zero-order valence-corrected chi connectivity index (χ0v) is 50.0. The number of aliphatic hydroxyl groups excluding tert-OH is 1. The fraction of sp³-hybridized carbons (Fsp3) is 0.859. The summed E-state index contributed by atoms with van der Waals surface area (Å²) in [6.07, 6.45) is 73.9. The van der Waals surface area contributed by atoms with Crippen molar-refractivity contribution in [3.8, 4) is 0 Å². The normalized spacial score (nSPS) is 14.1. The number of rotatable bonds is 58. The number of hydrogen-bond donors (Lipinski definition) is 2. The number of allylic oxidation sites excluding steroid dienone is 7. The van der Waals surface area contributed by atoms with E-state index in [9.17, 15) is 19.4 Å². The maximum Gasteiger partial charge on any atom is 0.268 e. The monoisotopic (exact) mass is 1050 g/mol. The van der Waals surface area contributed by atoms with E-state index < -0.39 is 26.6 Å². The van der Waals surface area contributed by atoms with Gasteiger partial charge in [-0.1, -0.05) is 281 Å². The maximum absolute atomic E-state index is 12.9. The SMILES string of the molecule is CCCC/C=C/CC/C=C/CC/C=C/C(O)C(COP(=O)([O-])OCC[N+](C)(C)C)NC(=O)CCCCCCCCCCCCCCCCCCC/C=C\CCCCCCCCCCCCCCCCCCCC. The molecule has 0 radical (unpaired) electrons. The van der Waals surface area contributed by atoms with Crippen molar-refractivity contribution in [3.63, 3.8) is 0 Å². The summed E-state index contributed by atoms with van der Waals surface area (Å²) in [6, 6.07) is -0.909. The van der Waals surface area contributed by atoms with Crippen LogP contribution in [0.2, 0.25) is 0 Å². The molecule has 0 fully saturated rings. The predicted molar refractivity (Wildman–Crippen MR) is 316 cm³/mol. The molecule has 8 nitrogen and oxygen atoms in total. The van der Waals surface area contributed by atoms with Gasteiger partial charge in [0, 0.05) is 6.42 Å². The summed E-state index contributed by atoms with van der Waals surface area (Å²) in [7, 11) is 1.24. The molecule has 0 aliphatic heterocycles. The van der Waals surface area contributed by atoms with Crippen LogP contribution >= 0.6 is 7.82 Å². The van der Waals surface area contributed by atoms with Crippen molar-refractivity contribution in [3.05, 3.63) is 48.6 Å². The molecule has 0 saturated carbocycles. The molecule has 2 N–H and O–H groups in total. The van der Waals surface area contributed by atoms with Gasteiger partial charge in [0.25, 0.3) is 7.82 Å². The van der Waals surface area contributed by atoms with Crippen LogP contribution in [0.25, 0.3) is 0 Å². The molecule has 0 rings (SSSR count). The standard InChI is InChI=1S/C64H123N2O6P/c1-6-8-10-12-14-16-18-20-21-22-23-24-25-26-27-28-29-30-31-32-33-34-35-36-37-38-39-40-41-42-43-44-45-46-48-50-52-54-56-58-64(68)65-62(61-72-73(69,70)71-60-59-66(3,4)5)63(67)57-55-53-51-49-47-19-17-15-13-11-9-7-2/h13,15,32-33,47,49,55,57,62-63,67H,6-12,14,16-31,34-46,48,50-54,56,58-61H2,1-5H3,(H-,65,68,69,70)/b15-13+,33-32-,49-47+,57-55+. The van der Waals surface area contributed by atoms with Gasteiger partial charge in [0.15, 0.2) is 0 Å². The fourth-order valence-electron chi connectivity index (χ4n) is 9.29. The van der Waals surface area contributed by atoms with Crippen molar-refractivity contribution in [2.75, 3.05) is 40.9 Å².